The van der Waals surface area contributed by atoms with Crippen molar-refractivity contribution in [2.75, 3.05) is 19.6 Å². The number of rotatable bonds is 7. The SMILES string of the molecule is CCC(c1ccc(F)cn1)N(CC1CC1)CC1CCCN1. The maximum Gasteiger partial charge on any atom is 0.141 e. The van der Waals surface area contributed by atoms with Crippen molar-refractivity contribution in [2.45, 2.75) is 51.1 Å². The Morgan fingerprint density at radius 2 is 2.19 bits per heavy atom. The van der Waals surface area contributed by atoms with Gasteiger partial charge in [-0.25, -0.2) is 4.39 Å². The van der Waals surface area contributed by atoms with Gasteiger partial charge in [0.05, 0.1) is 17.9 Å². The molecule has 2 aliphatic rings. The topological polar surface area (TPSA) is 28.2 Å². The largest absolute Gasteiger partial charge is 0.313 e. The molecule has 1 aliphatic carbocycles. The highest BCUT2D eigenvalue weighted by Gasteiger charge is 2.30. The summed E-state index contributed by atoms with van der Waals surface area (Å²) in [5.74, 6) is 0.612. The van der Waals surface area contributed by atoms with Gasteiger partial charge in [-0.1, -0.05) is 6.92 Å². The number of hydrogen-bond acceptors (Lipinski definition) is 3. The smallest absolute Gasteiger partial charge is 0.141 e. The van der Waals surface area contributed by atoms with Crippen LogP contribution in [0.5, 0.6) is 0 Å². The van der Waals surface area contributed by atoms with E-state index in [9.17, 15) is 4.39 Å². The maximum atomic E-state index is 13.1. The van der Waals surface area contributed by atoms with E-state index in [0.29, 0.717) is 12.1 Å². The summed E-state index contributed by atoms with van der Waals surface area (Å²) in [6, 6.07) is 4.31. The van der Waals surface area contributed by atoms with Gasteiger partial charge in [-0.3, -0.25) is 9.88 Å². The predicted molar refractivity (Wildman–Crippen MR) is 82.5 cm³/mol. The third kappa shape index (κ3) is 4.01. The summed E-state index contributed by atoms with van der Waals surface area (Å²) in [6.07, 6.45) is 7.66. The quantitative estimate of drug-likeness (QED) is 0.836. The number of hydrogen-bond donors (Lipinski definition) is 1. The molecule has 1 aromatic heterocycles. The molecule has 2 unspecified atom stereocenters. The second-order valence-corrected chi connectivity index (χ2v) is 6.52. The molecule has 116 valence electrons. The van der Waals surface area contributed by atoms with Crippen LogP contribution in [-0.4, -0.2) is 35.6 Å². The highest BCUT2D eigenvalue weighted by molar-refractivity contribution is 5.10. The lowest BCUT2D eigenvalue weighted by molar-refractivity contribution is 0.165. The minimum Gasteiger partial charge on any atom is -0.313 e. The molecule has 2 heterocycles. The second kappa shape index (κ2) is 6.84. The molecule has 1 saturated carbocycles. The van der Waals surface area contributed by atoms with E-state index in [1.807, 2.05) is 6.07 Å². The van der Waals surface area contributed by atoms with Crippen LogP contribution in [0.3, 0.4) is 0 Å². The first-order valence-corrected chi connectivity index (χ1v) is 8.35. The van der Waals surface area contributed by atoms with Gasteiger partial charge in [0.15, 0.2) is 0 Å². The van der Waals surface area contributed by atoms with Crippen molar-refractivity contribution in [2.24, 2.45) is 5.92 Å². The monoisotopic (exact) mass is 291 g/mol. The Hall–Kier alpha value is -1.00. The Balaban J connectivity index is 1.72. The summed E-state index contributed by atoms with van der Waals surface area (Å²) in [7, 11) is 0. The fourth-order valence-corrected chi connectivity index (χ4v) is 3.40. The molecular weight excluding hydrogens is 265 g/mol. The summed E-state index contributed by atoms with van der Waals surface area (Å²) in [5.41, 5.74) is 1.01. The summed E-state index contributed by atoms with van der Waals surface area (Å²) in [5, 5.41) is 3.60. The molecule has 0 bridgehead atoms. The highest BCUT2D eigenvalue weighted by Crippen LogP contribution is 2.34. The molecule has 2 atom stereocenters. The van der Waals surface area contributed by atoms with Gasteiger partial charge in [-0.05, 0) is 56.7 Å². The van der Waals surface area contributed by atoms with E-state index < -0.39 is 0 Å². The molecule has 1 saturated heterocycles. The van der Waals surface area contributed by atoms with E-state index >= 15 is 0 Å². The van der Waals surface area contributed by atoms with E-state index in [1.54, 1.807) is 0 Å². The molecule has 2 fully saturated rings. The van der Waals surface area contributed by atoms with Gasteiger partial charge in [-0.15, -0.1) is 0 Å². The molecule has 4 heteroatoms. The number of nitrogens with one attached hydrogen (secondary N) is 1. The van der Waals surface area contributed by atoms with Gasteiger partial charge in [0, 0.05) is 19.1 Å². The van der Waals surface area contributed by atoms with Crippen LogP contribution < -0.4 is 5.32 Å². The van der Waals surface area contributed by atoms with E-state index in [1.165, 1.54) is 37.9 Å². The summed E-state index contributed by atoms with van der Waals surface area (Å²) in [4.78, 5) is 6.92. The Bertz CT molecular complexity index is 438. The molecule has 1 aliphatic heterocycles. The first-order valence-electron chi connectivity index (χ1n) is 8.35. The molecule has 0 aromatic carbocycles. The Morgan fingerprint density at radius 3 is 2.76 bits per heavy atom. The zero-order valence-electron chi connectivity index (χ0n) is 12.9. The van der Waals surface area contributed by atoms with Crippen molar-refractivity contribution in [3.63, 3.8) is 0 Å². The van der Waals surface area contributed by atoms with Crippen LogP contribution in [0.4, 0.5) is 4.39 Å². The predicted octanol–water partition coefficient (Wildman–Crippen LogP) is 3.14. The third-order valence-electron chi connectivity index (χ3n) is 4.73. The van der Waals surface area contributed by atoms with Crippen LogP contribution >= 0.6 is 0 Å². The maximum absolute atomic E-state index is 13.1. The molecule has 3 rings (SSSR count). The highest BCUT2D eigenvalue weighted by atomic mass is 19.1. The molecular formula is C17H26FN3. The lowest BCUT2D eigenvalue weighted by atomic mass is 10.1. The van der Waals surface area contributed by atoms with E-state index in [2.05, 4.69) is 22.1 Å². The summed E-state index contributed by atoms with van der Waals surface area (Å²) in [6.45, 7) is 5.61. The number of aromatic nitrogens is 1. The summed E-state index contributed by atoms with van der Waals surface area (Å²) < 4.78 is 13.1. The van der Waals surface area contributed by atoms with Crippen LogP contribution in [0, 0.1) is 11.7 Å². The Labute approximate surface area is 126 Å². The van der Waals surface area contributed by atoms with Crippen LogP contribution in [0.1, 0.15) is 50.8 Å². The van der Waals surface area contributed by atoms with E-state index in [-0.39, 0.29) is 5.82 Å². The zero-order chi connectivity index (χ0) is 14.7. The van der Waals surface area contributed by atoms with Crippen LogP contribution in [-0.2, 0) is 0 Å². The van der Waals surface area contributed by atoms with Crippen molar-refractivity contribution < 1.29 is 4.39 Å². The number of halogens is 1. The Morgan fingerprint density at radius 1 is 1.33 bits per heavy atom. The van der Waals surface area contributed by atoms with Crippen molar-refractivity contribution in [3.05, 3.63) is 29.8 Å². The minimum atomic E-state index is -0.250. The van der Waals surface area contributed by atoms with Gasteiger partial charge < -0.3 is 5.32 Å². The number of nitrogens with zero attached hydrogens (tertiary/aromatic N) is 2. The zero-order valence-corrected chi connectivity index (χ0v) is 12.9. The van der Waals surface area contributed by atoms with Gasteiger partial charge >= 0.3 is 0 Å². The van der Waals surface area contributed by atoms with Crippen molar-refractivity contribution in [1.82, 2.24) is 15.2 Å². The molecule has 0 amide bonds. The van der Waals surface area contributed by atoms with Gasteiger partial charge in [-0.2, -0.15) is 0 Å². The average molecular weight is 291 g/mol. The van der Waals surface area contributed by atoms with Crippen LogP contribution in [0.2, 0.25) is 0 Å². The third-order valence-corrected chi connectivity index (χ3v) is 4.73. The first-order chi connectivity index (χ1) is 10.3. The fourth-order valence-electron chi connectivity index (χ4n) is 3.40. The standard InChI is InChI=1S/C17H26FN3/c1-2-17(16-8-7-14(18)10-20-16)21(11-13-5-6-13)12-15-4-3-9-19-15/h7-8,10,13,15,17,19H,2-6,9,11-12H2,1H3. The van der Waals surface area contributed by atoms with Gasteiger partial charge in [0.2, 0.25) is 0 Å². The van der Waals surface area contributed by atoms with Crippen LogP contribution in [0.25, 0.3) is 0 Å². The van der Waals surface area contributed by atoms with Crippen molar-refractivity contribution in [1.29, 1.82) is 0 Å². The summed E-state index contributed by atoms with van der Waals surface area (Å²) >= 11 is 0. The molecule has 21 heavy (non-hydrogen) atoms. The fraction of sp³-hybridized carbons (Fsp3) is 0.706. The first kappa shape index (κ1) is 14.9. The Kier molecular flexibility index (Phi) is 4.86. The normalized spacial score (nSPS) is 23.7. The lowest BCUT2D eigenvalue weighted by Gasteiger charge is -2.33. The number of pyridine rings is 1. The molecule has 0 spiro atoms. The van der Waals surface area contributed by atoms with Crippen molar-refractivity contribution >= 4 is 0 Å². The molecule has 1 N–H and O–H groups in total. The van der Waals surface area contributed by atoms with E-state index in [4.69, 9.17) is 0 Å². The second-order valence-electron chi connectivity index (χ2n) is 6.52. The lowest BCUT2D eigenvalue weighted by Crippen LogP contribution is -2.40. The molecule has 0 radical (unpaired) electrons. The van der Waals surface area contributed by atoms with E-state index in [0.717, 1.165) is 37.7 Å². The van der Waals surface area contributed by atoms with Gasteiger partial charge in [0.1, 0.15) is 5.82 Å². The average Bonchev–Trinajstić information content (AvgIpc) is 3.15. The minimum absolute atomic E-state index is 0.250. The molecule has 3 nitrogen and oxygen atoms in total. The van der Waals surface area contributed by atoms with Gasteiger partial charge in [0.25, 0.3) is 0 Å². The van der Waals surface area contributed by atoms with Crippen LogP contribution in [0.15, 0.2) is 18.3 Å². The van der Waals surface area contributed by atoms with Crippen molar-refractivity contribution in [3.8, 4) is 0 Å². The molecule has 1 aromatic rings.